The zero-order valence-corrected chi connectivity index (χ0v) is 22.7. The number of Topliss-reactive ketones (excluding diaryl/α,β-unsaturated/α-hetero) is 2. The third-order valence-corrected chi connectivity index (χ3v) is 11.5. The minimum atomic E-state index is -1.15. The van der Waals surface area contributed by atoms with Crippen LogP contribution in [0, 0.1) is 70.0 Å². The molecule has 4 bridgehead atoms. The number of carbonyl (C=O) groups is 6. The highest BCUT2D eigenvalue weighted by molar-refractivity contribution is 6.08. The van der Waals surface area contributed by atoms with E-state index in [1.54, 1.807) is 0 Å². The summed E-state index contributed by atoms with van der Waals surface area (Å²) in [6, 6.07) is 0. The predicted octanol–water partition coefficient (Wildman–Crippen LogP) is 1.62. The Morgan fingerprint density at radius 1 is 0.605 bits per heavy atom. The van der Waals surface area contributed by atoms with E-state index in [1.807, 2.05) is 13.8 Å². The summed E-state index contributed by atoms with van der Waals surface area (Å²) in [5.41, 5.74) is -2.30. The standard InChI is InChI=1S/C28H36O10/c1-7-27-13-9-11(15(23(31)35-3)17(13)25(33)37-5)19(27)22(30)28(8-2)14-10-12(20(28)21(27)29)16(24(32)36-4)18(14)26(34)38-6/h11-20H,7-10H2,1-6H3/t11-,12+,13+,14-,15+,16-,17-,18+,19-,20-,27-,28-/m0/s1. The third-order valence-electron chi connectivity index (χ3n) is 11.5. The molecule has 38 heavy (non-hydrogen) atoms. The molecular weight excluding hydrogens is 496 g/mol. The van der Waals surface area contributed by atoms with Crippen LogP contribution in [0.15, 0.2) is 0 Å². The van der Waals surface area contributed by atoms with Gasteiger partial charge in [0.1, 0.15) is 11.6 Å². The predicted molar refractivity (Wildman–Crippen MR) is 128 cm³/mol. The molecule has 208 valence electrons. The van der Waals surface area contributed by atoms with Gasteiger partial charge in [-0.2, -0.15) is 0 Å². The van der Waals surface area contributed by atoms with Gasteiger partial charge in [-0.25, -0.2) is 0 Å². The molecule has 5 saturated carbocycles. The zero-order chi connectivity index (χ0) is 27.9. The molecule has 5 aliphatic rings. The second-order valence-electron chi connectivity index (χ2n) is 11.7. The molecule has 10 heteroatoms. The average Bonchev–Trinajstić information content (AvgIpc) is 3.69. The Bertz CT molecular complexity index is 1030. The highest BCUT2D eigenvalue weighted by Gasteiger charge is 2.83. The minimum absolute atomic E-state index is 0.124. The Morgan fingerprint density at radius 2 is 0.895 bits per heavy atom. The van der Waals surface area contributed by atoms with E-state index in [2.05, 4.69) is 0 Å². The SMILES string of the molecule is CC[C@@]12C(=O)[C@@H]3[C@@H]4C[C@@H]([C@@H](C(=O)OC)[C@H]4C(=O)OC)[C@]3(CC)C(=O)[C@@H]1[C@H]1C[C@@H]2[C@H](C(=O)OC)[C@@H]1C(=O)OC. The molecule has 0 radical (unpaired) electrons. The van der Waals surface area contributed by atoms with Crippen molar-refractivity contribution in [1.82, 2.24) is 0 Å². The van der Waals surface area contributed by atoms with E-state index >= 15 is 0 Å². The summed E-state index contributed by atoms with van der Waals surface area (Å²) >= 11 is 0. The Hall–Kier alpha value is -2.78. The normalized spacial score (nSPS) is 45.8. The van der Waals surface area contributed by atoms with Crippen molar-refractivity contribution in [2.75, 3.05) is 28.4 Å². The molecular formula is C28H36O10. The van der Waals surface area contributed by atoms with E-state index < -0.39 is 93.9 Å². The number of carbonyl (C=O) groups excluding carboxylic acids is 6. The molecule has 0 N–H and O–H groups in total. The fourth-order valence-electron chi connectivity index (χ4n) is 10.4. The lowest BCUT2D eigenvalue weighted by Gasteiger charge is -2.59. The first-order valence-corrected chi connectivity index (χ1v) is 13.5. The first-order valence-electron chi connectivity index (χ1n) is 13.5. The average molecular weight is 533 g/mol. The second kappa shape index (κ2) is 8.88. The smallest absolute Gasteiger partial charge is 0.309 e. The van der Waals surface area contributed by atoms with Crippen LogP contribution < -0.4 is 0 Å². The summed E-state index contributed by atoms with van der Waals surface area (Å²) in [5, 5.41) is 0. The third kappa shape index (κ3) is 2.79. The van der Waals surface area contributed by atoms with E-state index in [0.29, 0.717) is 25.7 Å². The second-order valence-corrected chi connectivity index (χ2v) is 11.7. The van der Waals surface area contributed by atoms with E-state index in [1.165, 1.54) is 28.4 Å². The van der Waals surface area contributed by atoms with E-state index in [9.17, 15) is 28.8 Å². The monoisotopic (exact) mass is 532 g/mol. The first-order chi connectivity index (χ1) is 18.1. The van der Waals surface area contributed by atoms with Gasteiger partial charge < -0.3 is 18.9 Å². The van der Waals surface area contributed by atoms with Crippen LogP contribution in [0.5, 0.6) is 0 Å². The van der Waals surface area contributed by atoms with Gasteiger partial charge in [-0.1, -0.05) is 13.8 Å². The van der Waals surface area contributed by atoms with Crippen LogP contribution in [0.1, 0.15) is 39.5 Å². The van der Waals surface area contributed by atoms with Crippen molar-refractivity contribution in [1.29, 1.82) is 0 Å². The lowest BCUT2D eigenvalue weighted by Crippen LogP contribution is -2.68. The topological polar surface area (TPSA) is 139 Å². The van der Waals surface area contributed by atoms with Gasteiger partial charge in [0.15, 0.2) is 0 Å². The van der Waals surface area contributed by atoms with Gasteiger partial charge in [0.05, 0.1) is 52.1 Å². The molecule has 0 aromatic rings. The Labute approximate surface area is 221 Å². The van der Waals surface area contributed by atoms with Crippen LogP contribution in [0.25, 0.3) is 0 Å². The number of rotatable bonds is 6. The summed E-state index contributed by atoms with van der Waals surface area (Å²) in [6.07, 6.45) is 1.36. The van der Waals surface area contributed by atoms with Crippen LogP contribution >= 0.6 is 0 Å². The fourth-order valence-corrected chi connectivity index (χ4v) is 10.4. The Balaban J connectivity index is 1.69. The molecule has 0 amide bonds. The zero-order valence-electron chi connectivity index (χ0n) is 22.7. The Morgan fingerprint density at radius 3 is 1.16 bits per heavy atom. The molecule has 0 spiro atoms. The van der Waals surface area contributed by atoms with Crippen molar-refractivity contribution in [3.05, 3.63) is 0 Å². The number of esters is 4. The van der Waals surface area contributed by atoms with Gasteiger partial charge >= 0.3 is 23.9 Å². The van der Waals surface area contributed by atoms with E-state index in [0.717, 1.165) is 0 Å². The highest BCUT2D eigenvalue weighted by Crippen LogP contribution is 2.77. The van der Waals surface area contributed by atoms with Crippen molar-refractivity contribution in [3.8, 4) is 0 Å². The summed E-state index contributed by atoms with van der Waals surface area (Å²) in [5.74, 6) is -9.92. The quantitative estimate of drug-likeness (QED) is 0.366. The van der Waals surface area contributed by atoms with Gasteiger partial charge in [-0.15, -0.1) is 0 Å². The molecule has 0 aromatic carbocycles. The number of ether oxygens (including phenoxy) is 4. The van der Waals surface area contributed by atoms with Crippen molar-refractivity contribution in [3.63, 3.8) is 0 Å². The van der Waals surface area contributed by atoms with Gasteiger partial charge in [0, 0.05) is 22.7 Å². The van der Waals surface area contributed by atoms with Crippen molar-refractivity contribution >= 4 is 35.4 Å². The van der Waals surface area contributed by atoms with Gasteiger partial charge in [0.2, 0.25) is 0 Å². The van der Waals surface area contributed by atoms with Crippen LogP contribution in [-0.4, -0.2) is 63.9 Å². The molecule has 0 aromatic heterocycles. The molecule has 10 nitrogen and oxygen atoms in total. The van der Waals surface area contributed by atoms with Crippen molar-refractivity contribution < 1.29 is 47.7 Å². The Kier molecular flexibility index (Phi) is 6.26. The summed E-state index contributed by atoms with van der Waals surface area (Å²) < 4.78 is 20.3. The number of methoxy groups -OCH3 is 4. The number of hydrogen-bond acceptors (Lipinski definition) is 10. The lowest BCUT2D eigenvalue weighted by atomic mass is 9.41. The van der Waals surface area contributed by atoms with Crippen molar-refractivity contribution in [2.24, 2.45) is 70.0 Å². The maximum absolute atomic E-state index is 14.8. The summed E-state index contributed by atoms with van der Waals surface area (Å²) in [6.45, 7) is 3.70. The molecule has 0 unspecified atom stereocenters. The minimum Gasteiger partial charge on any atom is -0.469 e. The first kappa shape index (κ1) is 26.8. The van der Waals surface area contributed by atoms with Gasteiger partial charge in [0.25, 0.3) is 0 Å². The lowest BCUT2D eigenvalue weighted by molar-refractivity contribution is -0.192. The molecule has 5 rings (SSSR count). The number of hydrogen-bond donors (Lipinski definition) is 0. The molecule has 5 aliphatic carbocycles. The summed E-state index contributed by atoms with van der Waals surface area (Å²) in [7, 11) is 4.99. The summed E-state index contributed by atoms with van der Waals surface area (Å²) in [4.78, 5) is 81.7. The number of fused-ring (bicyclic) bond motifs is 10. The highest BCUT2D eigenvalue weighted by atomic mass is 16.5. The maximum Gasteiger partial charge on any atom is 0.309 e. The molecule has 0 aliphatic heterocycles. The molecule has 5 fully saturated rings. The van der Waals surface area contributed by atoms with E-state index in [4.69, 9.17) is 18.9 Å². The fraction of sp³-hybridized carbons (Fsp3) is 0.786. The van der Waals surface area contributed by atoms with Gasteiger partial charge in [-0.3, -0.25) is 28.8 Å². The van der Waals surface area contributed by atoms with Crippen LogP contribution in [0.2, 0.25) is 0 Å². The van der Waals surface area contributed by atoms with E-state index in [-0.39, 0.29) is 11.6 Å². The van der Waals surface area contributed by atoms with Gasteiger partial charge in [-0.05, 0) is 49.4 Å². The number of ketones is 2. The molecule has 12 atom stereocenters. The largest absolute Gasteiger partial charge is 0.469 e. The van der Waals surface area contributed by atoms with Crippen LogP contribution in [0.4, 0.5) is 0 Å². The maximum atomic E-state index is 14.8. The molecule has 0 heterocycles. The van der Waals surface area contributed by atoms with Crippen LogP contribution in [-0.2, 0) is 47.7 Å². The molecule has 0 saturated heterocycles. The van der Waals surface area contributed by atoms with Crippen LogP contribution in [0.3, 0.4) is 0 Å². The van der Waals surface area contributed by atoms with Crippen molar-refractivity contribution in [2.45, 2.75) is 39.5 Å².